The minimum absolute atomic E-state index is 0.118. The van der Waals surface area contributed by atoms with Gasteiger partial charge in [-0.15, -0.1) is 0 Å². The number of hydrogen-bond donors (Lipinski definition) is 1. The monoisotopic (exact) mass is 378 g/mol. The van der Waals surface area contributed by atoms with E-state index in [1.54, 1.807) is 24.5 Å². The topological polar surface area (TPSA) is 62.1 Å². The number of pyridine rings is 1. The lowest BCUT2D eigenvalue weighted by Crippen LogP contribution is -2.20. The van der Waals surface area contributed by atoms with Crippen molar-refractivity contribution in [1.82, 2.24) is 15.0 Å². The SMILES string of the molecule is CC(C)c1nc2c(c(-c3ccc(F)cc3)c1CO)CCN(C)c1nccnc1-2. The van der Waals surface area contributed by atoms with Crippen molar-refractivity contribution in [3.63, 3.8) is 0 Å². The molecule has 2 aromatic heterocycles. The van der Waals surface area contributed by atoms with E-state index in [2.05, 4.69) is 28.7 Å². The van der Waals surface area contributed by atoms with E-state index in [9.17, 15) is 9.50 Å². The Labute approximate surface area is 163 Å². The first kappa shape index (κ1) is 18.5. The number of aliphatic hydroxyl groups excluding tert-OH is 1. The van der Waals surface area contributed by atoms with Crippen LogP contribution in [0, 0.1) is 5.82 Å². The molecule has 5 nitrogen and oxygen atoms in total. The molecule has 4 rings (SSSR count). The molecule has 0 saturated carbocycles. The molecule has 3 heterocycles. The number of fused-ring (bicyclic) bond motifs is 3. The van der Waals surface area contributed by atoms with Gasteiger partial charge in [0.05, 0.1) is 12.3 Å². The molecule has 3 aromatic rings. The van der Waals surface area contributed by atoms with E-state index >= 15 is 0 Å². The molecule has 0 aliphatic carbocycles. The van der Waals surface area contributed by atoms with E-state index < -0.39 is 0 Å². The lowest BCUT2D eigenvalue weighted by atomic mass is 9.88. The van der Waals surface area contributed by atoms with Crippen molar-refractivity contribution in [3.05, 3.63) is 59.3 Å². The predicted molar refractivity (Wildman–Crippen MR) is 108 cm³/mol. The molecule has 0 spiro atoms. The summed E-state index contributed by atoms with van der Waals surface area (Å²) in [6.45, 7) is 4.75. The molecule has 0 atom stereocenters. The zero-order valence-corrected chi connectivity index (χ0v) is 16.3. The normalized spacial score (nSPS) is 13.3. The molecule has 0 saturated heterocycles. The maximum atomic E-state index is 13.6. The van der Waals surface area contributed by atoms with E-state index in [4.69, 9.17) is 4.98 Å². The summed E-state index contributed by atoms with van der Waals surface area (Å²) in [5, 5.41) is 10.2. The molecule has 0 unspecified atom stereocenters. The Bertz CT molecular complexity index is 1020. The van der Waals surface area contributed by atoms with Crippen LogP contribution in [0.5, 0.6) is 0 Å². The molecule has 1 aliphatic rings. The molecule has 144 valence electrons. The second-order valence-electron chi connectivity index (χ2n) is 7.40. The summed E-state index contributed by atoms with van der Waals surface area (Å²) in [5.41, 5.74) is 6.01. The first-order valence-electron chi connectivity index (χ1n) is 9.46. The fourth-order valence-corrected chi connectivity index (χ4v) is 3.89. The van der Waals surface area contributed by atoms with Crippen LogP contribution < -0.4 is 4.90 Å². The number of hydrogen-bond acceptors (Lipinski definition) is 5. The van der Waals surface area contributed by atoms with Crippen LogP contribution in [-0.4, -0.2) is 33.7 Å². The van der Waals surface area contributed by atoms with Crippen molar-refractivity contribution in [3.8, 4) is 22.5 Å². The molecule has 6 heteroatoms. The lowest BCUT2D eigenvalue weighted by molar-refractivity contribution is 0.280. The fourth-order valence-electron chi connectivity index (χ4n) is 3.89. The highest BCUT2D eigenvalue weighted by molar-refractivity contribution is 5.83. The number of rotatable bonds is 3. The van der Waals surface area contributed by atoms with Crippen LogP contribution in [0.2, 0.25) is 0 Å². The highest BCUT2D eigenvalue weighted by Crippen LogP contribution is 2.41. The Morgan fingerprint density at radius 3 is 2.50 bits per heavy atom. The van der Waals surface area contributed by atoms with Crippen molar-refractivity contribution in [1.29, 1.82) is 0 Å². The third kappa shape index (κ3) is 3.03. The van der Waals surface area contributed by atoms with E-state index in [0.29, 0.717) is 0 Å². The van der Waals surface area contributed by atoms with E-state index in [1.807, 2.05) is 7.05 Å². The molecule has 0 bridgehead atoms. The fraction of sp³-hybridized carbons (Fsp3) is 0.318. The predicted octanol–water partition coefficient (Wildman–Crippen LogP) is 3.95. The van der Waals surface area contributed by atoms with Crippen LogP contribution >= 0.6 is 0 Å². The summed E-state index contributed by atoms with van der Waals surface area (Å²) in [6.07, 6.45) is 4.09. The van der Waals surface area contributed by atoms with Gasteiger partial charge in [0, 0.05) is 37.2 Å². The largest absolute Gasteiger partial charge is 0.392 e. The summed E-state index contributed by atoms with van der Waals surface area (Å²) in [5.74, 6) is 0.632. The Kier molecular flexibility index (Phi) is 4.81. The van der Waals surface area contributed by atoms with Gasteiger partial charge in [-0.05, 0) is 41.2 Å². The number of nitrogens with zero attached hydrogens (tertiary/aromatic N) is 4. The van der Waals surface area contributed by atoms with Crippen molar-refractivity contribution < 1.29 is 9.50 Å². The Morgan fingerprint density at radius 2 is 1.82 bits per heavy atom. The summed E-state index contributed by atoms with van der Waals surface area (Å²) < 4.78 is 13.6. The average Bonchev–Trinajstić information content (AvgIpc) is 2.84. The molecule has 1 aliphatic heterocycles. The van der Waals surface area contributed by atoms with Gasteiger partial charge in [-0.25, -0.2) is 14.4 Å². The lowest BCUT2D eigenvalue weighted by Gasteiger charge is -2.21. The minimum atomic E-state index is -0.283. The highest BCUT2D eigenvalue weighted by atomic mass is 19.1. The zero-order valence-electron chi connectivity index (χ0n) is 16.3. The maximum Gasteiger partial charge on any atom is 0.156 e. The summed E-state index contributed by atoms with van der Waals surface area (Å²) in [6, 6.07) is 6.44. The molecular formula is C22H23FN4O. The third-order valence-corrected chi connectivity index (χ3v) is 5.23. The van der Waals surface area contributed by atoms with Crippen molar-refractivity contribution in [2.75, 3.05) is 18.5 Å². The smallest absolute Gasteiger partial charge is 0.156 e. The van der Waals surface area contributed by atoms with Gasteiger partial charge in [-0.1, -0.05) is 26.0 Å². The van der Waals surface area contributed by atoms with Crippen LogP contribution in [0.25, 0.3) is 22.5 Å². The minimum Gasteiger partial charge on any atom is -0.392 e. The Balaban J connectivity index is 2.09. The standard InChI is InChI=1S/C22H23FN4O/c1-13(2)19-17(12-28)18(14-4-6-15(23)7-5-14)16-8-11-27(3)22-21(20(16)26-19)24-9-10-25-22/h4-7,9-10,13,28H,8,11-12H2,1-3H3. The van der Waals surface area contributed by atoms with Gasteiger partial charge < -0.3 is 10.0 Å². The van der Waals surface area contributed by atoms with Gasteiger partial charge in [0.2, 0.25) is 0 Å². The van der Waals surface area contributed by atoms with Crippen molar-refractivity contribution in [2.24, 2.45) is 0 Å². The molecule has 1 N–H and O–H groups in total. The van der Waals surface area contributed by atoms with Crippen molar-refractivity contribution >= 4 is 5.82 Å². The first-order chi connectivity index (χ1) is 13.5. The van der Waals surface area contributed by atoms with Gasteiger partial charge in [-0.2, -0.15) is 0 Å². The second-order valence-corrected chi connectivity index (χ2v) is 7.40. The molecule has 0 fully saturated rings. The summed E-state index contributed by atoms with van der Waals surface area (Å²) in [4.78, 5) is 16.1. The summed E-state index contributed by atoms with van der Waals surface area (Å²) >= 11 is 0. The average molecular weight is 378 g/mol. The number of halogens is 1. The highest BCUT2D eigenvalue weighted by Gasteiger charge is 2.28. The van der Waals surface area contributed by atoms with Gasteiger partial charge in [0.15, 0.2) is 5.82 Å². The molecule has 0 radical (unpaired) electrons. The van der Waals surface area contributed by atoms with Crippen LogP contribution in [0.15, 0.2) is 36.7 Å². The van der Waals surface area contributed by atoms with E-state index in [-0.39, 0.29) is 18.3 Å². The number of aliphatic hydroxyl groups is 1. The van der Waals surface area contributed by atoms with Crippen LogP contribution in [0.1, 0.15) is 36.6 Å². The maximum absolute atomic E-state index is 13.6. The number of benzene rings is 1. The Hall–Kier alpha value is -2.86. The third-order valence-electron chi connectivity index (χ3n) is 5.23. The number of likely N-dealkylation sites (N-methyl/N-ethyl adjacent to an activating group) is 1. The van der Waals surface area contributed by atoms with Crippen LogP contribution in [0.3, 0.4) is 0 Å². The quantitative estimate of drug-likeness (QED) is 0.748. The van der Waals surface area contributed by atoms with Crippen molar-refractivity contribution in [2.45, 2.75) is 32.8 Å². The summed E-state index contributed by atoms with van der Waals surface area (Å²) in [7, 11) is 1.99. The second kappa shape index (κ2) is 7.28. The van der Waals surface area contributed by atoms with Gasteiger partial charge in [0.25, 0.3) is 0 Å². The zero-order chi connectivity index (χ0) is 19.8. The first-order valence-corrected chi connectivity index (χ1v) is 9.46. The van der Waals surface area contributed by atoms with E-state index in [1.165, 1.54) is 12.1 Å². The van der Waals surface area contributed by atoms with Gasteiger partial charge >= 0.3 is 0 Å². The number of anilines is 1. The van der Waals surface area contributed by atoms with Crippen LogP contribution in [0.4, 0.5) is 10.2 Å². The van der Waals surface area contributed by atoms with E-state index in [0.717, 1.165) is 58.1 Å². The number of aromatic nitrogens is 3. The molecular weight excluding hydrogens is 355 g/mol. The molecule has 1 aromatic carbocycles. The van der Waals surface area contributed by atoms with Crippen LogP contribution in [-0.2, 0) is 13.0 Å². The Morgan fingerprint density at radius 1 is 1.11 bits per heavy atom. The van der Waals surface area contributed by atoms with Gasteiger partial charge in [0.1, 0.15) is 11.5 Å². The van der Waals surface area contributed by atoms with Gasteiger partial charge in [-0.3, -0.25) is 4.98 Å². The molecule has 28 heavy (non-hydrogen) atoms. The molecule has 0 amide bonds.